The summed E-state index contributed by atoms with van der Waals surface area (Å²) in [6.45, 7) is 6.04. The number of hydrogen-bond donors (Lipinski definition) is 0. The first-order chi connectivity index (χ1) is 25.7. The normalized spacial score (nSPS) is 10.6. The average Bonchev–Trinajstić information content (AvgIpc) is 3.18. The summed E-state index contributed by atoms with van der Waals surface area (Å²) in [4.78, 5) is 9.24. The Bertz CT molecular complexity index is 1540. The second-order valence-electron chi connectivity index (χ2n) is 13.8. The highest BCUT2D eigenvalue weighted by molar-refractivity contribution is 5.57. The Morgan fingerprint density at radius 3 is 1.13 bits per heavy atom. The van der Waals surface area contributed by atoms with Gasteiger partial charge in [-0.3, -0.25) is 9.97 Å². The van der Waals surface area contributed by atoms with Crippen LogP contribution in [0.25, 0.3) is 11.4 Å². The maximum absolute atomic E-state index is 6.01. The summed E-state index contributed by atoms with van der Waals surface area (Å²) in [7, 11) is 0. The zero-order valence-corrected chi connectivity index (χ0v) is 31.9. The van der Waals surface area contributed by atoms with E-state index in [-0.39, 0.29) is 0 Å². The molecule has 0 aliphatic heterocycles. The summed E-state index contributed by atoms with van der Waals surface area (Å²) in [5.41, 5.74) is 5.17. The van der Waals surface area contributed by atoms with Gasteiger partial charge in [-0.05, 0) is 73.5 Å². The molecule has 4 aromatic rings. The number of hydrogen-bond acceptors (Lipinski definition) is 4. The van der Waals surface area contributed by atoms with Crippen LogP contribution in [0.5, 0.6) is 11.5 Å². The Labute approximate surface area is 315 Å². The van der Waals surface area contributed by atoms with E-state index in [1.807, 2.05) is 72.8 Å². The van der Waals surface area contributed by atoms with Gasteiger partial charge < -0.3 is 9.47 Å². The van der Waals surface area contributed by atoms with Crippen molar-refractivity contribution >= 4 is 0 Å². The van der Waals surface area contributed by atoms with Gasteiger partial charge in [-0.25, -0.2) is 0 Å². The van der Waals surface area contributed by atoms with Crippen molar-refractivity contribution in [1.29, 1.82) is 0 Å². The fraction of sp³-hybridized carbons (Fsp3) is 0.458. The monoisotopic (exact) mass is 696 g/mol. The van der Waals surface area contributed by atoms with Crippen LogP contribution in [0.2, 0.25) is 0 Å². The van der Waals surface area contributed by atoms with E-state index in [0.717, 1.165) is 71.2 Å². The van der Waals surface area contributed by atoms with Crippen LogP contribution in [-0.2, 0) is 0 Å². The van der Waals surface area contributed by atoms with Crippen LogP contribution in [0.1, 0.15) is 152 Å². The minimum absolute atomic E-state index is 0.752. The smallest absolute Gasteiger partial charge is 0.120 e. The Balaban J connectivity index is 1.17. The Morgan fingerprint density at radius 1 is 0.404 bits per heavy atom. The van der Waals surface area contributed by atoms with E-state index in [2.05, 4.69) is 47.5 Å². The molecule has 4 heteroatoms. The van der Waals surface area contributed by atoms with Crippen LogP contribution in [0, 0.1) is 23.7 Å². The van der Waals surface area contributed by atoms with Crippen molar-refractivity contribution in [3.63, 3.8) is 0 Å². The molecule has 0 radical (unpaired) electrons. The lowest BCUT2D eigenvalue weighted by Crippen LogP contribution is -1.97. The standard InChI is InChI=1S/C48H60N2O2/c1-3-5-7-9-11-13-15-17-19-35-51-45-25-21-23-41(37-45)27-29-43-31-33-47(49-39-43)48-34-32-44(40-50-48)30-28-42-24-22-26-46(38-42)52-36-20-18-16-14-12-10-8-6-4-2/h21-26,31-34,37-40H,3-20,35-36H2,1-2H3. The first kappa shape index (κ1) is 40.2. The highest BCUT2D eigenvalue weighted by Crippen LogP contribution is 2.18. The number of nitrogens with zero attached hydrogens (tertiary/aromatic N) is 2. The maximum atomic E-state index is 6.01. The second kappa shape index (κ2) is 25.4. The van der Waals surface area contributed by atoms with Crippen LogP contribution in [0.4, 0.5) is 0 Å². The molecule has 4 rings (SSSR count). The summed E-state index contributed by atoms with van der Waals surface area (Å²) >= 11 is 0. The number of benzene rings is 2. The van der Waals surface area contributed by atoms with Crippen LogP contribution in [0.3, 0.4) is 0 Å². The number of unbranched alkanes of at least 4 members (excludes halogenated alkanes) is 16. The molecule has 0 amide bonds. The summed E-state index contributed by atoms with van der Waals surface area (Å²) in [5.74, 6) is 14.7. The lowest BCUT2D eigenvalue weighted by atomic mass is 10.1. The molecule has 0 spiro atoms. The fourth-order valence-electron chi connectivity index (χ4n) is 6.06. The summed E-state index contributed by atoms with van der Waals surface area (Å²) < 4.78 is 12.0. The molecule has 0 N–H and O–H groups in total. The van der Waals surface area contributed by atoms with E-state index in [1.165, 1.54) is 103 Å². The van der Waals surface area contributed by atoms with Crippen molar-refractivity contribution in [2.75, 3.05) is 13.2 Å². The topological polar surface area (TPSA) is 44.2 Å². The predicted octanol–water partition coefficient (Wildman–Crippen LogP) is 12.8. The molecule has 0 saturated heterocycles. The third-order valence-electron chi connectivity index (χ3n) is 9.19. The number of ether oxygens (including phenoxy) is 2. The van der Waals surface area contributed by atoms with E-state index < -0.39 is 0 Å². The van der Waals surface area contributed by atoms with Crippen molar-refractivity contribution < 1.29 is 9.47 Å². The molecule has 0 saturated carbocycles. The van der Waals surface area contributed by atoms with Gasteiger partial charge in [0, 0.05) is 34.6 Å². The molecule has 0 unspecified atom stereocenters. The average molecular weight is 697 g/mol. The van der Waals surface area contributed by atoms with Crippen molar-refractivity contribution in [2.45, 2.75) is 129 Å². The largest absolute Gasteiger partial charge is 0.494 e. The molecule has 274 valence electrons. The first-order valence-corrected chi connectivity index (χ1v) is 20.2. The lowest BCUT2D eigenvalue weighted by Gasteiger charge is -2.06. The molecule has 0 atom stereocenters. The minimum atomic E-state index is 0.752. The highest BCUT2D eigenvalue weighted by Gasteiger charge is 2.02. The van der Waals surface area contributed by atoms with Gasteiger partial charge in [0.15, 0.2) is 0 Å². The van der Waals surface area contributed by atoms with E-state index in [9.17, 15) is 0 Å². The zero-order chi connectivity index (χ0) is 36.3. The highest BCUT2D eigenvalue weighted by atomic mass is 16.5. The van der Waals surface area contributed by atoms with Gasteiger partial charge in [0.2, 0.25) is 0 Å². The lowest BCUT2D eigenvalue weighted by molar-refractivity contribution is 0.304. The van der Waals surface area contributed by atoms with Crippen LogP contribution in [-0.4, -0.2) is 23.2 Å². The van der Waals surface area contributed by atoms with Gasteiger partial charge >= 0.3 is 0 Å². The molecule has 0 bridgehead atoms. The van der Waals surface area contributed by atoms with Gasteiger partial charge in [0.1, 0.15) is 11.5 Å². The number of rotatable bonds is 23. The van der Waals surface area contributed by atoms with Crippen LogP contribution in [0.15, 0.2) is 85.2 Å². The number of pyridine rings is 2. The molecular formula is C48H60N2O2. The molecule has 2 aromatic heterocycles. The molecule has 0 aliphatic rings. The van der Waals surface area contributed by atoms with E-state index in [4.69, 9.17) is 9.47 Å². The van der Waals surface area contributed by atoms with Gasteiger partial charge in [0.25, 0.3) is 0 Å². The fourth-order valence-corrected chi connectivity index (χ4v) is 6.06. The molecule has 0 fully saturated rings. The van der Waals surface area contributed by atoms with E-state index in [1.54, 1.807) is 12.4 Å². The Hall–Kier alpha value is -4.54. The van der Waals surface area contributed by atoms with Gasteiger partial charge in [0.05, 0.1) is 24.6 Å². The minimum Gasteiger partial charge on any atom is -0.494 e. The Morgan fingerprint density at radius 2 is 0.769 bits per heavy atom. The molecule has 2 aromatic carbocycles. The number of aromatic nitrogens is 2. The van der Waals surface area contributed by atoms with Gasteiger partial charge in [-0.15, -0.1) is 0 Å². The third-order valence-corrected chi connectivity index (χ3v) is 9.19. The van der Waals surface area contributed by atoms with Crippen molar-refractivity contribution in [2.24, 2.45) is 0 Å². The maximum Gasteiger partial charge on any atom is 0.120 e. The summed E-state index contributed by atoms with van der Waals surface area (Å²) in [6.07, 6.45) is 27.2. The zero-order valence-electron chi connectivity index (χ0n) is 31.9. The Kier molecular flexibility index (Phi) is 19.7. The van der Waals surface area contributed by atoms with Crippen LogP contribution < -0.4 is 9.47 Å². The first-order valence-electron chi connectivity index (χ1n) is 20.2. The van der Waals surface area contributed by atoms with Gasteiger partial charge in [-0.2, -0.15) is 0 Å². The SMILES string of the molecule is CCCCCCCCCCCOc1cccc(C#Cc2ccc(-c3ccc(C#Cc4cccc(OCCCCCCCCCCC)c4)cn3)nc2)c1. The predicted molar refractivity (Wildman–Crippen MR) is 218 cm³/mol. The third kappa shape index (κ3) is 16.7. The molecule has 2 heterocycles. The van der Waals surface area contributed by atoms with E-state index >= 15 is 0 Å². The van der Waals surface area contributed by atoms with Gasteiger partial charge in [-0.1, -0.05) is 152 Å². The quantitative estimate of drug-likeness (QED) is 0.0572. The summed E-state index contributed by atoms with van der Waals surface area (Å²) in [6, 6.07) is 24.0. The molecule has 52 heavy (non-hydrogen) atoms. The van der Waals surface area contributed by atoms with Crippen molar-refractivity contribution in [1.82, 2.24) is 9.97 Å². The second-order valence-corrected chi connectivity index (χ2v) is 13.8. The van der Waals surface area contributed by atoms with Crippen molar-refractivity contribution in [3.05, 3.63) is 107 Å². The molecule has 4 nitrogen and oxygen atoms in total. The molecule has 0 aliphatic carbocycles. The van der Waals surface area contributed by atoms with Crippen molar-refractivity contribution in [3.8, 4) is 46.6 Å². The molecular weight excluding hydrogens is 637 g/mol. The van der Waals surface area contributed by atoms with E-state index in [0.29, 0.717) is 0 Å². The summed E-state index contributed by atoms with van der Waals surface area (Å²) in [5, 5.41) is 0. The van der Waals surface area contributed by atoms with Crippen LogP contribution >= 0.6 is 0 Å².